The van der Waals surface area contributed by atoms with Crippen molar-refractivity contribution in [3.63, 3.8) is 0 Å². The minimum atomic E-state index is 0.764. The standard InChI is InChI=1S/C11H14NO/c1-2-5-10(4-1)9-13-11-6-3-7-12-8-11/h6-8,10H,1-2,4-5,9H2. The van der Waals surface area contributed by atoms with Gasteiger partial charge < -0.3 is 4.74 Å². The number of pyridine rings is 1. The summed E-state index contributed by atoms with van der Waals surface area (Å²) in [6, 6.07) is 4.74. The summed E-state index contributed by atoms with van der Waals surface area (Å²) >= 11 is 0. The number of nitrogens with zero attached hydrogens (tertiary/aromatic N) is 1. The Labute approximate surface area is 78.9 Å². The highest BCUT2D eigenvalue weighted by Crippen LogP contribution is 2.25. The van der Waals surface area contributed by atoms with E-state index in [0.717, 1.165) is 18.3 Å². The van der Waals surface area contributed by atoms with E-state index in [2.05, 4.69) is 11.1 Å². The van der Waals surface area contributed by atoms with Crippen LogP contribution in [0.5, 0.6) is 5.75 Å². The second-order valence-electron chi connectivity index (χ2n) is 3.58. The van der Waals surface area contributed by atoms with Crippen LogP contribution >= 0.6 is 0 Å². The second-order valence-corrected chi connectivity index (χ2v) is 3.58. The third-order valence-corrected chi connectivity index (χ3v) is 2.54. The summed E-state index contributed by atoms with van der Waals surface area (Å²) in [5, 5.41) is 0. The Balaban J connectivity index is 1.79. The molecule has 13 heavy (non-hydrogen) atoms. The number of ether oxygens (including phenoxy) is 1. The molecule has 1 heterocycles. The topological polar surface area (TPSA) is 22.1 Å². The molecule has 0 amide bonds. The van der Waals surface area contributed by atoms with Crippen molar-refractivity contribution in [3.05, 3.63) is 24.5 Å². The molecule has 0 saturated heterocycles. The highest BCUT2D eigenvalue weighted by Gasteiger charge is 2.15. The highest BCUT2D eigenvalue weighted by atomic mass is 16.5. The fraction of sp³-hybridized carbons (Fsp3) is 0.545. The molecule has 1 aromatic heterocycles. The van der Waals surface area contributed by atoms with E-state index in [9.17, 15) is 0 Å². The Morgan fingerprint density at radius 3 is 3.00 bits per heavy atom. The maximum Gasteiger partial charge on any atom is 0.138 e. The Kier molecular flexibility index (Phi) is 2.80. The van der Waals surface area contributed by atoms with E-state index in [0.29, 0.717) is 0 Å². The highest BCUT2D eigenvalue weighted by molar-refractivity contribution is 5.14. The van der Waals surface area contributed by atoms with Crippen molar-refractivity contribution in [1.29, 1.82) is 0 Å². The Bertz CT molecular complexity index is 242. The minimum absolute atomic E-state index is 0.764. The molecule has 1 aliphatic rings. The van der Waals surface area contributed by atoms with Gasteiger partial charge in [-0.25, -0.2) is 0 Å². The molecule has 1 aromatic rings. The monoisotopic (exact) mass is 176 g/mol. The molecule has 1 fully saturated rings. The van der Waals surface area contributed by atoms with E-state index in [1.165, 1.54) is 25.7 Å². The molecule has 2 rings (SSSR count). The molecule has 0 atom stereocenters. The van der Waals surface area contributed by atoms with E-state index >= 15 is 0 Å². The summed E-state index contributed by atoms with van der Waals surface area (Å²) < 4.78 is 5.60. The molecular weight excluding hydrogens is 162 g/mol. The number of rotatable bonds is 3. The first-order chi connectivity index (χ1) is 6.45. The number of hydrogen-bond acceptors (Lipinski definition) is 2. The molecule has 0 bridgehead atoms. The van der Waals surface area contributed by atoms with Crippen LogP contribution in [0.2, 0.25) is 0 Å². The molecule has 1 aliphatic carbocycles. The zero-order valence-corrected chi connectivity index (χ0v) is 7.70. The van der Waals surface area contributed by atoms with Crippen molar-refractivity contribution in [1.82, 2.24) is 4.98 Å². The maximum absolute atomic E-state index is 5.60. The third kappa shape index (κ3) is 2.44. The van der Waals surface area contributed by atoms with Gasteiger partial charge in [0.05, 0.1) is 12.8 Å². The van der Waals surface area contributed by atoms with Crippen LogP contribution in [0, 0.1) is 12.0 Å². The van der Waals surface area contributed by atoms with Crippen molar-refractivity contribution >= 4 is 0 Å². The van der Waals surface area contributed by atoms with Crippen molar-refractivity contribution < 1.29 is 4.74 Å². The van der Waals surface area contributed by atoms with Gasteiger partial charge in [-0.2, -0.15) is 0 Å². The van der Waals surface area contributed by atoms with Crippen LogP contribution in [0.15, 0.2) is 18.5 Å². The summed E-state index contributed by atoms with van der Waals surface area (Å²) in [5.74, 6) is 1.61. The average molecular weight is 176 g/mol. The van der Waals surface area contributed by atoms with Gasteiger partial charge in [-0.1, -0.05) is 12.8 Å². The van der Waals surface area contributed by atoms with Gasteiger partial charge in [0, 0.05) is 12.3 Å². The molecule has 1 radical (unpaired) electrons. The largest absolute Gasteiger partial charge is 0.492 e. The average Bonchev–Trinajstić information content (AvgIpc) is 2.69. The van der Waals surface area contributed by atoms with E-state index in [-0.39, 0.29) is 0 Å². The molecule has 69 valence electrons. The van der Waals surface area contributed by atoms with Crippen molar-refractivity contribution in [2.24, 2.45) is 5.92 Å². The zero-order chi connectivity index (χ0) is 8.93. The molecule has 0 N–H and O–H groups in total. The fourth-order valence-electron chi connectivity index (χ4n) is 1.78. The first-order valence-electron chi connectivity index (χ1n) is 4.89. The summed E-state index contributed by atoms with van der Waals surface area (Å²) in [4.78, 5) is 3.95. The van der Waals surface area contributed by atoms with Crippen molar-refractivity contribution in [3.8, 4) is 5.75 Å². The SMILES string of the molecule is [c]1cncc(OCC2CCCC2)c1. The van der Waals surface area contributed by atoms with Crippen LogP contribution in [-0.4, -0.2) is 11.6 Å². The molecule has 2 heteroatoms. The molecule has 0 unspecified atom stereocenters. The van der Waals surface area contributed by atoms with Gasteiger partial charge in [-0.15, -0.1) is 0 Å². The van der Waals surface area contributed by atoms with Crippen LogP contribution in [0.1, 0.15) is 25.7 Å². The van der Waals surface area contributed by atoms with Crippen LogP contribution in [0.25, 0.3) is 0 Å². The predicted octanol–water partition coefficient (Wildman–Crippen LogP) is 2.45. The van der Waals surface area contributed by atoms with Crippen LogP contribution in [0.4, 0.5) is 0 Å². The number of hydrogen-bond donors (Lipinski definition) is 0. The maximum atomic E-state index is 5.60. The quantitative estimate of drug-likeness (QED) is 0.705. The van der Waals surface area contributed by atoms with Gasteiger partial charge in [0.2, 0.25) is 0 Å². The molecule has 1 saturated carbocycles. The smallest absolute Gasteiger partial charge is 0.138 e. The lowest BCUT2D eigenvalue weighted by atomic mass is 10.1. The van der Waals surface area contributed by atoms with Gasteiger partial charge in [-0.05, 0) is 24.8 Å². The molecular formula is C11H14NO. The lowest BCUT2D eigenvalue weighted by Crippen LogP contribution is -2.07. The van der Waals surface area contributed by atoms with Crippen LogP contribution in [-0.2, 0) is 0 Å². The molecule has 0 spiro atoms. The fourth-order valence-corrected chi connectivity index (χ4v) is 1.78. The minimum Gasteiger partial charge on any atom is -0.492 e. The van der Waals surface area contributed by atoms with Gasteiger partial charge in [0.1, 0.15) is 5.75 Å². The summed E-state index contributed by atoms with van der Waals surface area (Å²) in [5.41, 5.74) is 0. The lowest BCUT2D eigenvalue weighted by molar-refractivity contribution is 0.251. The predicted molar refractivity (Wildman–Crippen MR) is 50.5 cm³/mol. The molecule has 2 nitrogen and oxygen atoms in total. The van der Waals surface area contributed by atoms with Crippen LogP contribution < -0.4 is 4.74 Å². The molecule has 0 aliphatic heterocycles. The van der Waals surface area contributed by atoms with Crippen LogP contribution in [0.3, 0.4) is 0 Å². The van der Waals surface area contributed by atoms with E-state index in [1.807, 2.05) is 6.07 Å². The summed E-state index contributed by atoms with van der Waals surface area (Å²) in [7, 11) is 0. The van der Waals surface area contributed by atoms with E-state index < -0.39 is 0 Å². The summed E-state index contributed by atoms with van der Waals surface area (Å²) in [6.45, 7) is 0.847. The zero-order valence-electron chi connectivity index (χ0n) is 7.70. The first-order valence-corrected chi connectivity index (χ1v) is 4.89. The van der Waals surface area contributed by atoms with Gasteiger partial charge in [-0.3, -0.25) is 4.98 Å². The van der Waals surface area contributed by atoms with Crippen molar-refractivity contribution in [2.75, 3.05) is 6.61 Å². The molecule has 0 aromatic carbocycles. The van der Waals surface area contributed by atoms with Gasteiger partial charge >= 0.3 is 0 Å². The second kappa shape index (κ2) is 4.26. The Morgan fingerprint density at radius 1 is 1.46 bits per heavy atom. The Morgan fingerprint density at radius 2 is 2.31 bits per heavy atom. The van der Waals surface area contributed by atoms with Gasteiger partial charge in [0.15, 0.2) is 0 Å². The third-order valence-electron chi connectivity index (χ3n) is 2.54. The lowest BCUT2D eigenvalue weighted by Gasteiger charge is -2.10. The van der Waals surface area contributed by atoms with E-state index in [4.69, 9.17) is 4.74 Å². The number of aromatic nitrogens is 1. The summed E-state index contributed by atoms with van der Waals surface area (Å²) in [6.07, 6.45) is 8.77. The van der Waals surface area contributed by atoms with Crippen molar-refractivity contribution in [2.45, 2.75) is 25.7 Å². The van der Waals surface area contributed by atoms with E-state index in [1.54, 1.807) is 12.4 Å². The first kappa shape index (κ1) is 8.54. The van der Waals surface area contributed by atoms with Gasteiger partial charge in [0.25, 0.3) is 0 Å². The normalized spacial score (nSPS) is 17.5. The Hall–Kier alpha value is -1.05.